The SMILES string of the molecule is COc1nccc2oc(C(=O)Nc3ccc(C)cn3)c(NC(=O)[C@H]3CC[C@H](C(=O)N(C)CCN(C)C)CC3)c12. The van der Waals surface area contributed by atoms with E-state index in [1.165, 1.54) is 13.3 Å². The Morgan fingerprint density at radius 2 is 1.72 bits per heavy atom. The number of ether oxygens (including phenoxy) is 1. The van der Waals surface area contributed by atoms with Crippen molar-refractivity contribution in [2.75, 3.05) is 52.0 Å². The minimum Gasteiger partial charge on any atom is -0.480 e. The van der Waals surface area contributed by atoms with Crippen LogP contribution in [0.2, 0.25) is 0 Å². The molecule has 3 heterocycles. The number of carbonyl (C=O) groups is 3. The average molecular weight is 537 g/mol. The van der Waals surface area contributed by atoms with Crippen LogP contribution < -0.4 is 15.4 Å². The Morgan fingerprint density at radius 3 is 2.36 bits per heavy atom. The second-order valence-corrected chi connectivity index (χ2v) is 10.3. The number of hydrogen-bond donors (Lipinski definition) is 2. The molecule has 208 valence electrons. The van der Waals surface area contributed by atoms with Crippen molar-refractivity contribution < 1.29 is 23.5 Å². The summed E-state index contributed by atoms with van der Waals surface area (Å²) in [4.78, 5) is 51.8. The highest BCUT2D eigenvalue weighted by molar-refractivity contribution is 6.15. The molecule has 2 N–H and O–H groups in total. The predicted molar refractivity (Wildman–Crippen MR) is 148 cm³/mol. The number of furan rings is 1. The third-order valence-electron chi connectivity index (χ3n) is 7.07. The van der Waals surface area contributed by atoms with Gasteiger partial charge in [-0.15, -0.1) is 0 Å². The topological polar surface area (TPSA) is 130 Å². The van der Waals surface area contributed by atoms with E-state index in [4.69, 9.17) is 9.15 Å². The molecule has 1 aliphatic carbocycles. The van der Waals surface area contributed by atoms with E-state index in [0.717, 1.165) is 12.1 Å². The maximum atomic E-state index is 13.4. The zero-order valence-electron chi connectivity index (χ0n) is 23.1. The number of amides is 3. The van der Waals surface area contributed by atoms with Gasteiger partial charge in [-0.1, -0.05) is 6.07 Å². The summed E-state index contributed by atoms with van der Waals surface area (Å²) in [7, 11) is 7.25. The van der Waals surface area contributed by atoms with Gasteiger partial charge in [0.05, 0.1) is 7.11 Å². The minimum absolute atomic E-state index is 0.0709. The van der Waals surface area contributed by atoms with Crippen molar-refractivity contribution >= 4 is 40.2 Å². The number of carbonyl (C=O) groups excluding carboxylic acids is 3. The lowest BCUT2D eigenvalue weighted by atomic mass is 9.81. The van der Waals surface area contributed by atoms with Crippen LogP contribution in [0.1, 0.15) is 41.8 Å². The number of aryl methyl sites for hydroxylation is 1. The van der Waals surface area contributed by atoms with E-state index in [-0.39, 0.29) is 41.0 Å². The molecule has 39 heavy (non-hydrogen) atoms. The van der Waals surface area contributed by atoms with Gasteiger partial charge in [0.1, 0.15) is 22.5 Å². The van der Waals surface area contributed by atoms with Crippen LogP contribution in [-0.2, 0) is 9.59 Å². The Bertz CT molecular complexity index is 1330. The maximum Gasteiger partial charge on any atom is 0.294 e. The van der Waals surface area contributed by atoms with E-state index < -0.39 is 5.91 Å². The van der Waals surface area contributed by atoms with Crippen molar-refractivity contribution in [1.29, 1.82) is 0 Å². The fourth-order valence-corrected chi connectivity index (χ4v) is 4.76. The van der Waals surface area contributed by atoms with Crippen molar-refractivity contribution in [2.24, 2.45) is 11.8 Å². The van der Waals surface area contributed by atoms with Gasteiger partial charge in [-0.25, -0.2) is 9.97 Å². The van der Waals surface area contributed by atoms with E-state index >= 15 is 0 Å². The van der Waals surface area contributed by atoms with Crippen LogP contribution in [0.25, 0.3) is 11.0 Å². The molecule has 1 saturated carbocycles. The first-order valence-corrected chi connectivity index (χ1v) is 13.1. The van der Waals surface area contributed by atoms with Crippen molar-refractivity contribution in [1.82, 2.24) is 19.8 Å². The summed E-state index contributed by atoms with van der Waals surface area (Å²) in [6.07, 6.45) is 5.56. The summed E-state index contributed by atoms with van der Waals surface area (Å²) in [5.74, 6) is -0.560. The summed E-state index contributed by atoms with van der Waals surface area (Å²) in [6.45, 7) is 3.36. The van der Waals surface area contributed by atoms with Crippen LogP contribution in [0.15, 0.2) is 35.0 Å². The number of likely N-dealkylation sites (N-methyl/N-ethyl adjacent to an activating group) is 2. The molecule has 0 bridgehead atoms. The van der Waals surface area contributed by atoms with Gasteiger partial charge < -0.3 is 29.6 Å². The highest BCUT2D eigenvalue weighted by Gasteiger charge is 2.33. The lowest BCUT2D eigenvalue weighted by molar-refractivity contribution is -0.136. The van der Waals surface area contributed by atoms with Gasteiger partial charge in [-0.3, -0.25) is 14.4 Å². The number of nitrogens with one attached hydrogen (secondary N) is 2. The van der Waals surface area contributed by atoms with Crippen LogP contribution in [0.5, 0.6) is 5.88 Å². The number of fused-ring (bicyclic) bond motifs is 1. The summed E-state index contributed by atoms with van der Waals surface area (Å²) >= 11 is 0. The lowest BCUT2D eigenvalue weighted by Crippen LogP contribution is -2.39. The molecule has 0 unspecified atom stereocenters. The Morgan fingerprint density at radius 1 is 1.00 bits per heavy atom. The lowest BCUT2D eigenvalue weighted by Gasteiger charge is -2.30. The smallest absolute Gasteiger partial charge is 0.294 e. The molecule has 4 rings (SSSR count). The highest BCUT2D eigenvalue weighted by Crippen LogP contribution is 2.38. The third-order valence-corrected chi connectivity index (χ3v) is 7.07. The molecule has 3 aromatic heterocycles. The summed E-state index contributed by atoms with van der Waals surface area (Å²) in [6, 6.07) is 5.13. The largest absolute Gasteiger partial charge is 0.480 e. The molecule has 0 atom stereocenters. The molecule has 0 aromatic carbocycles. The molecular weight excluding hydrogens is 500 g/mol. The van der Waals surface area contributed by atoms with Crippen LogP contribution in [-0.4, -0.2) is 78.8 Å². The molecule has 1 fully saturated rings. The Kier molecular flexibility index (Phi) is 8.80. The number of aromatic nitrogens is 2. The number of methoxy groups -OCH3 is 1. The van der Waals surface area contributed by atoms with Gasteiger partial charge in [0.2, 0.25) is 23.5 Å². The van der Waals surface area contributed by atoms with Crippen LogP contribution in [0, 0.1) is 18.8 Å². The second-order valence-electron chi connectivity index (χ2n) is 10.3. The van der Waals surface area contributed by atoms with Crippen LogP contribution >= 0.6 is 0 Å². The Balaban J connectivity index is 1.50. The molecule has 0 saturated heterocycles. The first-order valence-electron chi connectivity index (χ1n) is 13.1. The van der Waals surface area contributed by atoms with E-state index in [1.54, 1.807) is 23.2 Å². The van der Waals surface area contributed by atoms with E-state index in [2.05, 4.69) is 20.6 Å². The van der Waals surface area contributed by atoms with Gasteiger partial charge in [0.25, 0.3) is 5.91 Å². The van der Waals surface area contributed by atoms with Crippen LogP contribution in [0.3, 0.4) is 0 Å². The maximum absolute atomic E-state index is 13.4. The first-order chi connectivity index (χ1) is 18.7. The number of anilines is 2. The van der Waals surface area contributed by atoms with E-state index in [0.29, 0.717) is 49.0 Å². The van der Waals surface area contributed by atoms with Crippen molar-refractivity contribution in [3.8, 4) is 5.88 Å². The quantitative estimate of drug-likeness (QED) is 0.425. The standard InChI is InChI=1S/C28H36N6O5/c1-17-6-11-21(30-16-17)31-26(36)24-23(22-20(39-24)12-13-29-27(22)38-5)32-25(35)18-7-9-19(10-8-18)28(37)34(4)15-14-33(2)3/h6,11-13,16,18-19H,7-10,14-15H2,1-5H3,(H,32,35)(H,30,31,36)/t18-,19-. The normalized spacial score (nSPS) is 17.2. The van der Waals surface area contributed by atoms with Crippen molar-refractivity contribution in [3.05, 3.63) is 41.9 Å². The van der Waals surface area contributed by atoms with Crippen LogP contribution in [0.4, 0.5) is 11.5 Å². The molecule has 1 aliphatic rings. The van der Waals surface area contributed by atoms with Gasteiger partial charge in [-0.05, 0) is 58.3 Å². The molecule has 11 nitrogen and oxygen atoms in total. The Hall–Kier alpha value is -3.99. The van der Waals surface area contributed by atoms with Gasteiger partial charge in [0, 0.05) is 50.4 Å². The number of rotatable bonds is 9. The Labute approximate surface area is 227 Å². The summed E-state index contributed by atoms with van der Waals surface area (Å²) in [5.41, 5.74) is 1.51. The zero-order chi connectivity index (χ0) is 28.1. The molecule has 0 aliphatic heterocycles. The van der Waals surface area contributed by atoms with Crippen molar-refractivity contribution in [3.63, 3.8) is 0 Å². The molecular formula is C28H36N6O5. The minimum atomic E-state index is -0.560. The van der Waals surface area contributed by atoms with Crippen molar-refractivity contribution in [2.45, 2.75) is 32.6 Å². The molecule has 3 amide bonds. The molecule has 0 spiro atoms. The highest BCUT2D eigenvalue weighted by atomic mass is 16.5. The molecule has 3 aromatic rings. The van der Waals surface area contributed by atoms with Gasteiger partial charge in [-0.2, -0.15) is 0 Å². The summed E-state index contributed by atoms with van der Waals surface area (Å²) < 4.78 is 11.3. The monoisotopic (exact) mass is 536 g/mol. The van der Waals surface area contributed by atoms with E-state index in [1.807, 2.05) is 39.0 Å². The first kappa shape index (κ1) is 28.0. The summed E-state index contributed by atoms with van der Waals surface area (Å²) in [5, 5.41) is 6.04. The fraction of sp³-hybridized carbons (Fsp3) is 0.464. The predicted octanol–water partition coefficient (Wildman–Crippen LogP) is 3.56. The second kappa shape index (κ2) is 12.2. The number of nitrogens with zero attached hydrogens (tertiary/aromatic N) is 4. The molecule has 0 radical (unpaired) electrons. The number of pyridine rings is 2. The fourth-order valence-electron chi connectivity index (χ4n) is 4.76. The van der Waals surface area contributed by atoms with Gasteiger partial charge >= 0.3 is 0 Å². The van der Waals surface area contributed by atoms with Gasteiger partial charge in [0.15, 0.2) is 0 Å². The average Bonchev–Trinajstić information content (AvgIpc) is 3.31. The molecule has 11 heteroatoms. The number of hydrogen-bond acceptors (Lipinski definition) is 8. The third kappa shape index (κ3) is 6.54. The zero-order valence-corrected chi connectivity index (χ0v) is 23.1. The van der Waals surface area contributed by atoms with E-state index in [9.17, 15) is 14.4 Å².